The van der Waals surface area contributed by atoms with Crippen LogP contribution < -0.4 is 21.9 Å². The predicted molar refractivity (Wildman–Crippen MR) is 94.1 cm³/mol. The van der Waals surface area contributed by atoms with Crippen LogP contribution in [0.1, 0.15) is 18.2 Å². The maximum atomic E-state index is 12.0. The van der Waals surface area contributed by atoms with Gasteiger partial charge in [-0.2, -0.15) is 13.2 Å². The number of halogens is 3. The highest BCUT2D eigenvalue weighted by molar-refractivity contribution is 5.91. The van der Waals surface area contributed by atoms with Crippen molar-refractivity contribution in [2.75, 3.05) is 19.7 Å². The summed E-state index contributed by atoms with van der Waals surface area (Å²) < 4.78 is 42.4. The summed E-state index contributed by atoms with van der Waals surface area (Å²) in [5.41, 5.74) is -1.74. The van der Waals surface area contributed by atoms with E-state index >= 15 is 0 Å². The molecule has 0 saturated carbocycles. The number of ether oxygens (including phenoxy) is 1. The first-order chi connectivity index (χ1) is 14.0. The number of aromatic amines is 1. The number of aliphatic hydroxyl groups is 2. The number of aliphatic hydroxyl groups excluding tert-OH is 2. The SMILES string of the molecule is O=C(/C=C/c1cn([C@H]2C[C@H](O)[C@@H](CO)O2)c(=O)[nH]c1=O)NCCNC(=O)C(F)(F)F. The Hall–Kier alpha value is -2.97. The predicted octanol–water partition coefficient (Wildman–Crippen LogP) is -2.01. The van der Waals surface area contributed by atoms with Crippen LogP contribution in [0.25, 0.3) is 6.08 Å². The number of carbonyl (C=O) groups is 2. The fourth-order valence-corrected chi connectivity index (χ4v) is 2.57. The highest BCUT2D eigenvalue weighted by Gasteiger charge is 2.38. The summed E-state index contributed by atoms with van der Waals surface area (Å²) in [4.78, 5) is 48.2. The van der Waals surface area contributed by atoms with Crippen molar-refractivity contribution < 1.29 is 37.7 Å². The summed E-state index contributed by atoms with van der Waals surface area (Å²) in [5.74, 6) is -2.90. The standard InChI is InChI=1S/C16H19F3N4O7/c17-16(18,19)14(28)21-4-3-20-11(26)2-1-8-6-23(15(29)22-13(8)27)12-5-9(25)10(7-24)30-12/h1-2,6,9-10,12,24-25H,3-5,7H2,(H,20,26)(H,21,28)(H,22,27,29)/b2-1+/t9-,10+,12+/m0/s1. The molecule has 30 heavy (non-hydrogen) atoms. The first-order valence-corrected chi connectivity index (χ1v) is 8.63. The number of nitrogens with one attached hydrogen (secondary N) is 3. The first kappa shape index (κ1) is 23.3. The number of hydrogen-bond acceptors (Lipinski definition) is 7. The fraction of sp³-hybridized carbons (Fsp3) is 0.500. The second-order valence-corrected chi connectivity index (χ2v) is 6.24. The van der Waals surface area contributed by atoms with Crippen molar-refractivity contribution in [1.82, 2.24) is 20.2 Å². The molecule has 1 fully saturated rings. The van der Waals surface area contributed by atoms with Gasteiger partial charge in [-0.05, 0) is 6.08 Å². The van der Waals surface area contributed by atoms with Gasteiger partial charge in [0, 0.05) is 31.8 Å². The Morgan fingerprint density at radius 1 is 1.30 bits per heavy atom. The van der Waals surface area contributed by atoms with Crippen LogP contribution in [0.5, 0.6) is 0 Å². The van der Waals surface area contributed by atoms with E-state index < -0.39 is 60.8 Å². The second kappa shape index (κ2) is 9.69. The molecule has 2 amide bonds. The van der Waals surface area contributed by atoms with Gasteiger partial charge in [-0.25, -0.2) is 4.79 Å². The molecule has 2 rings (SSSR count). The van der Waals surface area contributed by atoms with E-state index in [4.69, 9.17) is 9.84 Å². The van der Waals surface area contributed by atoms with Crippen LogP contribution in [0.15, 0.2) is 21.9 Å². The molecule has 1 aliphatic rings. The lowest BCUT2D eigenvalue weighted by Gasteiger charge is -2.14. The van der Waals surface area contributed by atoms with Crippen LogP contribution in [0, 0.1) is 0 Å². The van der Waals surface area contributed by atoms with E-state index in [9.17, 15) is 37.5 Å². The number of H-pyrrole nitrogens is 1. The van der Waals surface area contributed by atoms with E-state index in [-0.39, 0.29) is 18.5 Å². The number of nitrogens with zero attached hydrogens (tertiary/aromatic N) is 1. The quantitative estimate of drug-likeness (QED) is 0.243. The van der Waals surface area contributed by atoms with Crippen molar-refractivity contribution >= 4 is 17.9 Å². The third-order valence-corrected chi connectivity index (χ3v) is 4.07. The molecule has 1 aromatic heterocycles. The van der Waals surface area contributed by atoms with Crippen LogP contribution in [-0.2, 0) is 14.3 Å². The third-order valence-electron chi connectivity index (χ3n) is 4.07. The van der Waals surface area contributed by atoms with E-state index in [1.807, 2.05) is 4.98 Å². The van der Waals surface area contributed by atoms with Gasteiger partial charge in [-0.1, -0.05) is 0 Å². The van der Waals surface area contributed by atoms with Crippen LogP contribution in [0.3, 0.4) is 0 Å². The molecule has 14 heteroatoms. The molecule has 3 atom stereocenters. The number of aromatic nitrogens is 2. The Morgan fingerprint density at radius 3 is 2.57 bits per heavy atom. The van der Waals surface area contributed by atoms with Gasteiger partial charge >= 0.3 is 17.8 Å². The molecule has 0 radical (unpaired) electrons. The zero-order valence-electron chi connectivity index (χ0n) is 15.3. The average Bonchev–Trinajstić information content (AvgIpc) is 3.04. The Bertz CT molecular complexity index is 925. The van der Waals surface area contributed by atoms with Gasteiger partial charge in [-0.15, -0.1) is 0 Å². The first-order valence-electron chi connectivity index (χ1n) is 8.63. The molecule has 0 aliphatic carbocycles. The molecule has 0 bridgehead atoms. The molecule has 0 aromatic carbocycles. The van der Waals surface area contributed by atoms with Gasteiger partial charge in [0.25, 0.3) is 5.56 Å². The largest absolute Gasteiger partial charge is 0.471 e. The highest BCUT2D eigenvalue weighted by Crippen LogP contribution is 2.27. The minimum Gasteiger partial charge on any atom is -0.394 e. The van der Waals surface area contributed by atoms with Crippen molar-refractivity contribution in [1.29, 1.82) is 0 Å². The summed E-state index contributed by atoms with van der Waals surface area (Å²) in [6, 6.07) is 0. The second-order valence-electron chi connectivity index (χ2n) is 6.24. The molecule has 1 aromatic rings. The monoisotopic (exact) mass is 436 g/mol. The lowest BCUT2D eigenvalue weighted by molar-refractivity contribution is -0.173. The lowest BCUT2D eigenvalue weighted by Crippen LogP contribution is -2.40. The smallest absolute Gasteiger partial charge is 0.394 e. The molecule has 1 saturated heterocycles. The summed E-state index contributed by atoms with van der Waals surface area (Å²) in [5, 5.41) is 22.6. The number of hydrogen-bond donors (Lipinski definition) is 5. The fourth-order valence-electron chi connectivity index (χ4n) is 2.57. The number of alkyl halides is 3. The van der Waals surface area contributed by atoms with Gasteiger partial charge in [0.05, 0.1) is 18.3 Å². The Kier molecular flexibility index (Phi) is 7.53. The number of rotatable bonds is 7. The van der Waals surface area contributed by atoms with Gasteiger partial charge in [-0.3, -0.25) is 23.9 Å². The number of carbonyl (C=O) groups excluding carboxylic acids is 2. The van der Waals surface area contributed by atoms with Crippen molar-refractivity contribution in [2.45, 2.75) is 31.0 Å². The number of amides is 2. The highest BCUT2D eigenvalue weighted by atomic mass is 19.4. The van der Waals surface area contributed by atoms with Crippen molar-refractivity contribution in [3.8, 4) is 0 Å². The van der Waals surface area contributed by atoms with Gasteiger partial charge in [0.2, 0.25) is 5.91 Å². The van der Waals surface area contributed by atoms with Crippen LogP contribution >= 0.6 is 0 Å². The molecule has 1 aliphatic heterocycles. The molecule has 0 spiro atoms. The van der Waals surface area contributed by atoms with Crippen LogP contribution in [-0.4, -0.2) is 69.7 Å². The van der Waals surface area contributed by atoms with Crippen LogP contribution in [0.2, 0.25) is 0 Å². The van der Waals surface area contributed by atoms with E-state index in [2.05, 4.69) is 5.32 Å². The topological polar surface area (TPSA) is 163 Å². The normalized spacial score (nSPS) is 21.7. The molecule has 2 heterocycles. The molecule has 5 N–H and O–H groups in total. The Balaban J connectivity index is 1.98. The summed E-state index contributed by atoms with van der Waals surface area (Å²) in [6.07, 6.45) is -4.81. The molecule has 0 unspecified atom stereocenters. The van der Waals surface area contributed by atoms with E-state index in [1.54, 1.807) is 5.32 Å². The Morgan fingerprint density at radius 2 is 1.97 bits per heavy atom. The third kappa shape index (κ3) is 6.01. The average molecular weight is 436 g/mol. The molecular formula is C16H19F3N4O7. The zero-order chi connectivity index (χ0) is 22.5. The summed E-state index contributed by atoms with van der Waals surface area (Å²) >= 11 is 0. The minimum atomic E-state index is -5.02. The van der Waals surface area contributed by atoms with Crippen molar-refractivity contribution in [3.05, 3.63) is 38.7 Å². The zero-order valence-corrected chi connectivity index (χ0v) is 15.3. The Labute approximate surface area is 166 Å². The lowest BCUT2D eigenvalue weighted by atomic mass is 10.2. The van der Waals surface area contributed by atoms with E-state index in [0.29, 0.717) is 0 Å². The molecule has 11 nitrogen and oxygen atoms in total. The maximum Gasteiger partial charge on any atom is 0.471 e. The minimum absolute atomic E-state index is 0.00946. The van der Waals surface area contributed by atoms with Crippen molar-refractivity contribution in [2.24, 2.45) is 0 Å². The molecular weight excluding hydrogens is 417 g/mol. The summed E-state index contributed by atoms with van der Waals surface area (Å²) in [7, 11) is 0. The van der Waals surface area contributed by atoms with E-state index in [0.717, 1.165) is 22.9 Å². The van der Waals surface area contributed by atoms with Gasteiger partial charge in [0.1, 0.15) is 12.3 Å². The summed E-state index contributed by atoms with van der Waals surface area (Å²) in [6.45, 7) is -1.22. The van der Waals surface area contributed by atoms with E-state index in [1.165, 1.54) is 0 Å². The van der Waals surface area contributed by atoms with Gasteiger partial charge < -0.3 is 25.6 Å². The molecule has 166 valence electrons. The van der Waals surface area contributed by atoms with Crippen LogP contribution in [0.4, 0.5) is 13.2 Å². The van der Waals surface area contributed by atoms with Crippen molar-refractivity contribution in [3.63, 3.8) is 0 Å². The maximum absolute atomic E-state index is 12.0. The van der Waals surface area contributed by atoms with Gasteiger partial charge in [0.15, 0.2) is 0 Å².